The first-order chi connectivity index (χ1) is 17.1. The third kappa shape index (κ3) is 4.87. The normalized spacial score (nSPS) is 12.3. The molecule has 1 heterocycles. The Kier molecular flexibility index (Phi) is 6.94. The van der Waals surface area contributed by atoms with Gasteiger partial charge in [-0.1, -0.05) is 36.4 Å². The maximum atomic E-state index is 14.0. The maximum Gasteiger partial charge on any atom is 0.450 e. The van der Waals surface area contributed by atoms with Crippen LogP contribution in [0.5, 0.6) is 17.2 Å². The summed E-state index contributed by atoms with van der Waals surface area (Å²) >= 11 is 6.15. The van der Waals surface area contributed by atoms with Gasteiger partial charge in [-0.25, -0.2) is 4.79 Å². The Morgan fingerprint density at radius 3 is 2.28 bits per heavy atom. The second-order valence-electron chi connectivity index (χ2n) is 7.56. The molecule has 0 N–H and O–H groups in total. The lowest BCUT2D eigenvalue weighted by molar-refractivity contribution is -0.152. The number of benzene rings is 3. The Hall–Kier alpha value is -3.98. The van der Waals surface area contributed by atoms with Crippen LogP contribution in [0.25, 0.3) is 22.1 Å². The third-order valence-corrected chi connectivity index (χ3v) is 5.74. The summed E-state index contributed by atoms with van der Waals surface area (Å²) in [5.41, 5.74) is -1.61. The molecule has 3 aromatic carbocycles. The summed E-state index contributed by atoms with van der Waals surface area (Å²) < 4.78 is 62.6. The summed E-state index contributed by atoms with van der Waals surface area (Å²) in [4.78, 5) is 25.7. The van der Waals surface area contributed by atoms with Gasteiger partial charge in [0.2, 0.25) is 11.2 Å². The van der Waals surface area contributed by atoms with Gasteiger partial charge in [0.05, 0.1) is 25.2 Å². The molecule has 0 saturated carbocycles. The van der Waals surface area contributed by atoms with Gasteiger partial charge in [-0.3, -0.25) is 4.79 Å². The van der Waals surface area contributed by atoms with E-state index in [1.165, 1.54) is 44.6 Å². The Labute approximate surface area is 207 Å². The van der Waals surface area contributed by atoms with E-state index in [9.17, 15) is 22.8 Å². The first kappa shape index (κ1) is 25.1. The quantitative estimate of drug-likeness (QED) is 0.167. The van der Waals surface area contributed by atoms with Crippen LogP contribution >= 0.6 is 11.6 Å². The standard InChI is InChI=1S/C26H18ClF3O6/c1-33-18-11-8-15(12-20(18)34-2)21-23(31)17-10-9-16(13-19(17)36-24(21)26(28,29)30)35-25(32)22(27)14-6-4-3-5-7-14/h3-13,22H,1-2H3. The molecule has 1 aromatic heterocycles. The van der Waals surface area contributed by atoms with E-state index in [1.807, 2.05) is 0 Å². The smallest absolute Gasteiger partial charge is 0.450 e. The molecular formula is C26H18ClF3O6. The molecule has 36 heavy (non-hydrogen) atoms. The van der Waals surface area contributed by atoms with Crippen LogP contribution in [0.4, 0.5) is 13.2 Å². The molecule has 0 saturated heterocycles. The second-order valence-corrected chi connectivity index (χ2v) is 7.99. The van der Waals surface area contributed by atoms with E-state index in [1.54, 1.807) is 30.3 Å². The number of esters is 1. The van der Waals surface area contributed by atoms with Crippen LogP contribution in [0.3, 0.4) is 0 Å². The highest BCUT2D eigenvalue weighted by Crippen LogP contribution is 2.40. The minimum Gasteiger partial charge on any atom is -0.493 e. The van der Waals surface area contributed by atoms with Gasteiger partial charge in [-0.2, -0.15) is 13.2 Å². The van der Waals surface area contributed by atoms with Crippen molar-refractivity contribution in [3.8, 4) is 28.4 Å². The van der Waals surface area contributed by atoms with Gasteiger partial charge in [-0.05, 0) is 35.4 Å². The summed E-state index contributed by atoms with van der Waals surface area (Å²) in [6, 6.07) is 15.9. The first-order valence-corrected chi connectivity index (χ1v) is 10.9. The molecule has 186 valence electrons. The molecule has 10 heteroatoms. The minimum atomic E-state index is -5.00. The second kappa shape index (κ2) is 9.94. The van der Waals surface area contributed by atoms with Crippen molar-refractivity contribution in [3.63, 3.8) is 0 Å². The number of ether oxygens (including phenoxy) is 3. The van der Waals surface area contributed by atoms with E-state index in [0.717, 1.165) is 6.07 Å². The van der Waals surface area contributed by atoms with Crippen LogP contribution < -0.4 is 19.6 Å². The molecule has 1 unspecified atom stereocenters. The van der Waals surface area contributed by atoms with Crippen molar-refractivity contribution in [3.05, 3.63) is 88.3 Å². The summed E-state index contributed by atoms with van der Waals surface area (Å²) in [6.45, 7) is 0. The maximum absolute atomic E-state index is 14.0. The van der Waals surface area contributed by atoms with Gasteiger partial charge in [0.25, 0.3) is 0 Å². The Balaban J connectivity index is 1.79. The van der Waals surface area contributed by atoms with Crippen molar-refractivity contribution in [1.82, 2.24) is 0 Å². The lowest BCUT2D eigenvalue weighted by Crippen LogP contribution is -2.17. The average molecular weight is 519 g/mol. The van der Waals surface area contributed by atoms with Gasteiger partial charge < -0.3 is 18.6 Å². The lowest BCUT2D eigenvalue weighted by Gasteiger charge is -2.15. The summed E-state index contributed by atoms with van der Waals surface area (Å²) in [7, 11) is 2.70. The number of hydrogen-bond acceptors (Lipinski definition) is 6. The van der Waals surface area contributed by atoms with Crippen LogP contribution in [-0.2, 0) is 11.0 Å². The van der Waals surface area contributed by atoms with E-state index >= 15 is 0 Å². The fourth-order valence-corrected chi connectivity index (χ4v) is 3.81. The van der Waals surface area contributed by atoms with Gasteiger partial charge in [0.15, 0.2) is 16.9 Å². The molecule has 0 spiro atoms. The van der Waals surface area contributed by atoms with Crippen LogP contribution in [0.15, 0.2) is 75.9 Å². The average Bonchev–Trinajstić information content (AvgIpc) is 2.87. The van der Waals surface area contributed by atoms with E-state index < -0.39 is 39.9 Å². The van der Waals surface area contributed by atoms with Gasteiger partial charge in [-0.15, -0.1) is 11.6 Å². The molecule has 4 rings (SSSR count). The number of halogens is 4. The van der Waals surface area contributed by atoms with E-state index in [4.69, 9.17) is 30.2 Å². The number of hydrogen-bond donors (Lipinski definition) is 0. The molecule has 1 atom stereocenters. The number of carbonyl (C=O) groups is 1. The van der Waals surface area contributed by atoms with E-state index in [2.05, 4.69) is 0 Å². The molecule has 0 aliphatic heterocycles. The number of alkyl halides is 4. The molecule has 0 aliphatic carbocycles. The highest BCUT2D eigenvalue weighted by Gasteiger charge is 2.39. The summed E-state index contributed by atoms with van der Waals surface area (Å²) in [5.74, 6) is -2.07. The van der Waals surface area contributed by atoms with E-state index in [0.29, 0.717) is 5.56 Å². The van der Waals surface area contributed by atoms with Crippen molar-refractivity contribution in [2.24, 2.45) is 0 Å². The fraction of sp³-hybridized carbons (Fsp3) is 0.154. The number of methoxy groups -OCH3 is 2. The molecule has 0 radical (unpaired) electrons. The van der Waals surface area contributed by atoms with Gasteiger partial charge in [0, 0.05) is 6.07 Å². The minimum absolute atomic E-state index is 0.0704. The number of rotatable bonds is 6. The zero-order valence-corrected chi connectivity index (χ0v) is 19.6. The third-order valence-electron chi connectivity index (χ3n) is 5.31. The highest BCUT2D eigenvalue weighted by molar-refractivity contribution is 6.30. The van der Waals surface area contributed by atoms with Crippen molar-refractivity contribution in [2.75, 3.05) is 14.2 Å². The summed E-state index contributed by atoms with van der Waals surface area (Å²) in [6.07, 6.45) is -5.00. The Morgan fingerprint density at radius 1 is 0.944 bits per heavy atom. The van der Waals surface area contributed by atoms with Gasteiger partial charge >= 0.3 is 12.1 Å². The topological polar surface area (TPSA) is 75.0 Å². The lowest BCUT2D eigenvalue weighted by atomic mass is 10.0. The Bertz CT molecular complexity index is 1480. The Morgan fingerprint density at radius 2 is 1.64 bits per heavy atom. The molecule has 0 amide bonds. The predicted octanol–water partition coefficient (Wildman–Crippen LogP) is 6.38. The van der Waals surface area contributed by atoms with Crippen molar-refractivity contribution < 1.29 is 36.6 Å². The number of carbonyl (C=O) groups excluding carboxylic acids is 1. The predicted molar refractivity (Wildman–Crippen MR) is 127 cm³/mol. The van der Waals surface area contributed by atoms with Crippen LogP contribution in [0, 0.1) is 0 Å². The van der Waals surface area contributed by atoms with Crippen LogP contribution in [-0.4, -0.2) is 20.2 Å². The van der Waals surface area contributed by atoms with Crippen LogP contribution in [0.2, 0.25) is 0 Å². The van der Waals surface area contributed by atoms with E-state index in [-0.39, 0.29) is 28.2 Å². The largest absolute Gasteiger partial charge is 0.493 e. The van der Waals surface area contributed by atoms with Crippen molar-refractivity contribution >= 4 is 28.5 Å². The molecule has 0 bridgehead atoms. The molecule has 0 aliphatic rings. The van der Waals surface area contributed by atoms with Crippen molar-refractivity contribution in [2.45, 2.75) is 11.6 Å². The zero-order chi connectivity index (χ0) is 26.0. The molecule has 6 nitrogen and oxygen atoms in total. The monoisotopic (exact) mass is 518 g/mol. The first-order valence-electron chi connectivity index (χ1n) is 10.4. The van der Waals surface area contributed by atoms with Gasteiger partial charge in [0.1, 0.15) is 11.3 Å². The van der Waals surface area contributed by atoms with Crippen LogP contribution in [0.1, 0.15) is 16.7 Å². The fourth-order valence-electron chi connectivity index (χ4n) is 3.62. The molecule has 4 aromatic rings. The molecule has 0 fully saturated rings. The summed E-state index contributed by atoms with van der Waals surface area (Å²) in [5, 5.41) is -1.29. The highest BCUT2D eigenvalue weighted by atomic mass is 35.5. The van der Waals surface area contributed by atoms with Crippen molar-refractivity contribution in [1.29, 1.82) is 0 Å². The number of fused-ring (bicyclic) bond motifs is 1. The SMILES string of the molecule is COc1ccc(-c2c(C(F)(F)F)oc3cc(OC(=O)C(Cl)c4ccccc4)ccc3c2=O)cc1OC. The molecular weight excluding hydrogens is 501 g/mol. The zero-order valence-electron chi connectivity index (χ0n) is 18.9.